The van der Waals surface area contributed by atoms with Gasteiger partial charge < -0.3 is 14.6 Å². The second-order valence-electron chi connectivity index (χ2n) is 7.64. The van der Waals surface area contributed by atoms with Gasteiger partial charge >= 0.3 is 5.97 Å². The molecule has 1 N–H and O–H groups in total. The molecule has 0 fully saturated rings. The zero-order valence-electron chi connectivity index (χ0n) is 17.5. The van der Waals surface area contributed by atoms with Crippen molar-refractivity contribution in [2.45, 2.75) is 25.4 Å². The van der Waals surface area contributed by atoms with Crippen molar-refractivity contribution in [3.8, 4) is 10.6 Å². The smallest absolute Gasteiger partial charge is 0.337 e. The summed E-state index contributed by atoms with van der Waals surface area (Å²) in [4.78, 5) is 22.7. The Kier molecular flexibility index (Phi) is 6.09. The van der Waals surface area contributed by atoms with Crippen LogP contribution < -0.4 is 0 Å². The number of imidazole rings is 1. The average Bonchev–Trinajstić information content (AvgIpc) is 3.41. The van der Waals surface area contributed by atoms with Gasteiger partial charge in [0.15, 0.2) is 0 Å². The number of rotatable bonds is 7. The number of fused-ring (bicyclic) bond motifs is 1. The molecule has 2 heterocycles. The first-order chi connectivity index (χ1) is 14.9. The molecular formula is C23H23ClN4O2S. The summed E-state index contributed by atoms with van der Waals surface area (Å²) >= 11 is 7.57. The highest BCUT2D eigenvalue weighted by atomic mass is 35.5. The van der Waals surface area contributed by atoms with Crippen LogP contribution in [0.5, 0.6) is 0 Å². The summed E-state index contributed by atoms with van der Waals surface area (Å²) in [6.45, 7) is 2.19. The lowest BCUT2D eigenvalue weighted by Crippen LogP contribution is -2.36. The molecule has 6 nitrogen and oxygen atoms in total. The molecule has 0 radical (unpaired) electrons. The number of thiazole rings is 1. The summed E-state index contributed by atoms with van der Waals surface area (Å²) in [5, 5.41) is 10.4. The lowest BCUT2D eigenvalue weighted by Gasteiger charge is -2.33. The van der Waals surface area contributed by atoms with E-state index in [2.05, 4.69) is 47.6 Å². The van der Waals surface area contributed by atoms with Crippen LogP contribution in [0.4, 0.5) is 0 Å². The number of hydrogen-bond acceptors (Lipinski definition) is 5. The zero-order chi connectivity index (χ0) is 22.1. The van der Waals surface area contributed by atoms with Crippen LogP contribution in [0.25, 0.3) is 20.8 Å². The van der Waals surface area contributed by atoms with E-state index in [4.69, 9.17) is 16.6 Å². The van der Waals surface area contributed by atoms with E-state index >= 15 is 0 Å². The topological polar surface area (TPSA) is 71.2 Å². The Morgan fingerprint density at radius 1 is 1.26 bits per heavy atom. The van der Waals surface area contributed by atoms with Gasteiger partial charge in [0, 0.05) is 24.0 Å². The molecular weight excluding hydrogens is 432 g/mol. The summed E-state index contributed by atoms with van der Waals surface area (Å²) in [6.07, 6.45) is 6.66. The van der Waals surface area contributed by atoms with Gasteiger partial charge in [-0.25, -0.2) is 14.8 Å². The molecule has 0 aliphatic heterocycles. The summed E-state index contributed by atoms with van der Waals surface area (Å²) in [5.74, 6) is -1.05. The van der Waals surface area contributed by atoms with Crippen molar-refractivity contribution in [2.75, 3.05) is 14.1 Å². The van der Waals surface area contributed by atoms with Crippen molar-refractivity contribution in [3.05, 3.63) is 71.3 Å². The maximum atomic E-state index is 11.4. The van der Waals surface area contributed by atoms with E-state index in [0.29, 0.717) is 6.04 Å². The number of aromatic carboxylic acids is 1. The van der Waals surface area contributed by atoms with E-state index < -0.39 is 5.97 Å². The SMILES string of the molecule is CCC(C(c1ccc2nc(-c3ccc(Cl)c(C(=O)O)c3)sc2c1)n1ccnc1)N(C)C. The number of carbonyl (C=O) groups is 1. The van der Waals surface area contributed by atoms with Gasteiger partial charge in [0.05, 0.1) is 33.2 Å². The van der Waals surface area contributed by atoms with Crippen LogP contribution in [-0.4, -0.2) is 50.6 Å². The average molecular weight is 455 g/mol. The van der Waals surface area contributed by atoms with Gasteiger partial charge in [-0.05, 0) is 50.3 Å². The van der Waals surface area contributed by atoms with Crippen LogP contribution in [-0.2, 0) is 0 Å². The number of likely N-dealkylation sites (N-methyl/N-ethyl adjacent to an activating group) is 1. The normalized spacial score (nSPS) is 13.6. The second kappa shape index (κ2) is 8.78. The van der Waals surface area contributed by atoms with Crippen molar-refractivity contribution < 1.29 is 9.90 Å². The zero-order valence-corrected chi connectivity index (χ0v) is 19.1. The monoisotopic (exact) mass is 454 g/mol. The largest absolute Gasteiger partial charge is 0.478 e. The van der Waals surface area contributed by atoms with Gasteiger partial charge in [0.2, 0.25) is 0 Å². The molecule has 0 spiro atoms. The van der Waals surface area contributed by atoms with Crippen molar-refractivity contribution in [3.63, 3.8) is 0 Å². The number of carboxylic acid groups (broad SMARTS) is 1. The Labute approximate surface area is 189 Å². The maximum Gasteiger partial charge on any atom is 0.337 e. The lowest BCUT2D eigenvalue weighted by molar-refractivity contribution is 0.0697. The minimum atomic E-state index is -1.05. The molecule has 0 amide bonds. The highest BCUT2D eigenvalue weighted by Gasteiger charge is 2.25. The number of nitrogens with zero attached hydrogens (tertiary/aromatic N) is 4. The third-order valence-electron chi connectivity index (χ3n) is 5.49. The molecule has 0 aliphatic carbocycles. The van der Waals surface area contributed by atoms with Crippen molar-refractivity contribution in [1.29, 1.82) is 0 Å². The van der Waals surface area contributed by atoms with Gasteiger partial charge in [-0.1, -0.05) is 30.7 Å². The second-order valence-corrected chi connectivity index (χ2v) is 9.08. The molecule has 0 saturated carbocycles. The van der Waals surface area contributed by atoms with E-state index in [1.165, 1.54) is 5.56 Å². The standard InChI is InChI=1S/C23H23ClN4O2S/c1-4-19(27(2)3)21(28-10-9-25-13-28)14-6-8-18-20(12-14)31-22(26-18)15-5-7-17(24)16(11-15)23(29)30/h5-13,19,21H,4H2,1-3H3,(H,29,30). The van der Waals surface area contributed by atoms with Gasteiger partial charge in [-0.2, -0.15) is 0 Å². The first-order valence-corrected chi connectivity index (χ1v) is 11.2. The first-order valence-electron chi connectivity index (χ1n) is 9.96. The van der Waals surface area contributed by atoms with Crippen LogP contribution >= 0.6 is 22.9 Å². The molecule has 0 saturated heterocycles. The van der Waals surface area contributed by atoms with Crippen LogP contribution in [0.1, 0.15) is 35.3 Å². The molecule has 160 valence electrons. The van der Waals surface area contributed by atoms with Gasteiger partial charge in [0.25, 0.3) is 0 Å². The van der Waals surface area contributed by atoms with Crippen LogP contribution in [0.15, 0.2) is 55.1 Å². The summed E-state index contributed by atoms with van der Waals surface area (Å²) < 4.78 is 3.20. The van der Waals surface area contributed by atoms with E-state index in [1.54, 1.807) is 35.7 Å². The van der Waals surface area contributed by atoms with Crippen molar-refractivity contribution in [1.82, 2.24) is 19.4 Å². The van der Waals surface area contributed by atoms with Crippen molar-refractivity contribution in [2.24, 2.45) is 0 Å². The molecule has 2 aromatic carbocycles. The molecule has 2 unspecified atom stereocenters. The predicted molar refractivity (Wildman–Crippen MR) is 125 cm³/mol. The molecule has 4 rings (SSSR count). The highest BCUT2D eigenvalue weighted by molar-refractivity contribution is 7.21. The third kappa shape index (κ3) is 4.21. The van der Waals surface area contributed by atoms with Crippen LogP contribution in [0.2, 0.25) is 5.02 Å². The highest BCUT2D eigenvalue weighted by Crippen LogP contribution is 2.35. The fourth-order valence-electron chi connectivity index (χ4n) is 3.97. The minimum Gasteiger partial charge on any atom is -0.478 e. The minimum absolute atomic E-state index is 0.0797. The Morgan fingerprint density at radius 3 is 2.71 bits per heavy atom. The fraction of sp³-hybridized carbons (Fsp3) is 0.261. The lowest BCUT2D eigenvalue weighted by atomic mass is 9.96. The molecule has 2 atom stereocenters. The molecule has 4 aromatic rings. The van der Waals surface area contributed by atoms with E-state index in [1.807, 2.05) is 18.6 Å². The molecule has 0 bridgehead atoms. The molecule has 31 heavy (non-hydrogen) atoms. The van der Waals surface area contributed by atoms with Crippen LogP contribution in [0.3, 0.4) is 0 Å². The van der Waals surface area contributed by atoms with Gasteiger partial charge in [-0.15, -0.1) is 11.3 Å². The summed E-state index contributed by atoms with van der Waals surface area (Å²) in [6, 6.07) is 11.7. The number of aromatic nitrogens is 3. The van der Waals surface area contributed by atoms with E-state index in [0.717, 1.165) is 27.2 Å². The number of carboxylic acids is 1. The van der Waals surface area contributed by atoms with E-state index in [-0.39, 0.29) is 16.6 Å². The van der Waals surface area contributed by atoms with Crippen LogP contribution in [0, 0.1) is 0 Å². The number of benzene rings is 2. The predicted octanol–water partition coefficient (Wildman–Crippen LogP) is 5.44. The summed E-state index contributed by atoms with van der Waals surface area (Å²) in [7, 11) is 4.20. The maximum absolute atomic E-state index is 11.4. The third-order valence-corrected chi connectivity index (χ3v) is 6.89. The number of halogens is 1. The summed E-state index contributed by atoms with van der Waals surface area (Å²) in [5.41, 5.74) is 2.90. The molecule has 0 aliphatic rings. The van der Waals surface area contributed by atoms with E-state index in [9.17, 15) is 9.90 Å². The van der Waals surface area contributed by atoms with Gasteiger partial charge in [0.1, 0.15) is 5.01 Å². The Bertz CT molecular complexity index is 1220. The molecule has 2 aromatic heterocycles. The first kappa shape index (κ1) is 21.5. The Morgan fingerprint density at radius 2 is 2.06 bits per heavy atom. The Hall–Kier alpha value is -2.74. The number of hydrogen-bond donors (Lipinski definition) is 1. The fourth-order valence-corrected chi connectivity index (χ4v) is 5.18. The quantitative estimate of drug-likeness (QED) is 0.402. The van der Waals surface area contributed by atoms with Gasteiger partial charge in [-0.3, -0.25) is 0 Å². The Balaban J connectivity index is 1.78. The van der Waals surface area contributed by atoms with Crippen molar-refractivity contribution >= 4 is 39.1 Å². The molecule has 8 heteroatoms.